The quantitative estimate of drug-likeness (QED) is 0.698. The Morgan fingerprint density at radius 2 is 1.90 bits per heavy atom. The number of hydrogen-bond donors (Lipinski definition) is 1. The van der Waals surface area contributed by atoms with Gasteiger partial charge in [0, 0.05) is 32.2 Å². The Morgan fingerprint density at radius 1 is 1.14 bits per heavy atom. The fourth-order valence-electron chi connectivity index (χ4n) is 3.68. The van der Waals surface area contributed by atoms with Crippen molar-refractivity contribution in [3.63, 3.8) is 0 Å². The van der Waals surface area contributed by atoms with E-state index in [-0.39, 0.29) is 11.8 Å². The van der Waals surface area contributed by atoms with Gasteiger partial charge in [-0.1, -0.05) is 42.4 Å². The van der Waals surface area contributed by atoms with Gasteiger partial charge in [0.05, 0.1) is 12.0 Å². The monoisotopic (exact) mass is 435 g/mol. The Hall–Kier alpha value is -2.07. The first-order valence-corrected chi connectivity index (χ1v) is 11.8. The van der Waals surface area contributed by atoms with Crippen LogP contribution >= 0.6 is 23.1 Å². The van der Waals surface area contributed by atoms with Crippen molar-refractivity contribution in [1.82, 2.24) is 20.0 Å². The predicted octanol–water partition coefficient (Wildman–Crippen LogP) is 2.95. The van der Waals surface area contributed by atoms with Crippen molar-refractivity contribution in [3.8, 4) is 0 Å². The minimum absolute atomic E-state index is 0.0667. The highest BCUT2D eigenvalue weighted by Gasteiger charge is 2.26. The van der Waals surface area contributed by atoms with Crippen LogP contribution < -0.4 is 5.32 Å². The van der Waals surface area contributed by atoms with Crippen LogP contribution in [0.25, 0.3) is 0 Å². The van der Waals surface area contributed by atoms with E-state index in [0.29, 0.717) is 43.7 Å². The minimum Gasteiger partial charge on any atom is -0.459 e. The first-order chi connectivity index (χ1) is 14.2. The maximum absolute atomic E-state index is 12.5. The topological polar surface area (TPSA) is 91.6 Å². The number of rotatable bonds is 6. The molecule has 0 aromatic carbocycles. The normalized spacial score (nSPS) is 18.1. The van der Waals surface area contributed by atoms with E-state index in [2.05, 4.69) is 15.5 Å². The summed E-state index contributed by atoms with van der Waals surface area (Å²) in [5, 5.41) is 12.7. The second kappa shape index (κ2) is 9.62. The van der Waals surface area contributed by atoms with E-state index in [1.54, 1.807) is 21.9 Å². The Kier molecular flexibility index (Phi) is 6.70. The fourth-order valence-corrected chi connectivity index (χ4v) is 5.41. The molecule has 3 heterocycles. The van der Waals surface area contributed by atoms with Crippen molar-refractivity contribution < 1.29 is 14.0 Å². The summed E-state index contributed by atoms with van der Waals surface area (Å²) in [5.41, 5.74) is 0. The zero-order chi connectivity index (χ0) is 20.1. The molecule has 1 N–H and O–H groups in total. The summed E-state index contributed by atoms with van der Waals surface area (Å²) in [7, 11) is 0. The number of carbonyl (C=O) groups is 2. The van der Waals surface area contributed by atoms with Gasteiger partial charge in [0.15, 0.2) is 10.1 Å². The third-order valence-electron chi connectivity index (χ3n) is 5.31. The predicted molar refractivity (Wildman–Crippen MR) is 112 cm³/mol. The molecule has 2 amide bonds. The maximum atomic E-state index is 12.5. The molecule has 1 aliphatic carbocycles. The standard InChI is InChI=1S/C19H25N5O3S2/c25-16(23-8-10-24(11-9-23)17(26)15-7-4-12-27-15)13-28-19-22-21-18(29-19)20-14-5-2-1-3-6-14/h4,7,12,14H,1-3,5-6,8-11,13H2,(H,20,21). The van der Waals surface area contributed by atoms with Crippen LogP contribution in [0.5, 0.6) is 0 Å². The molecule has 1 aliphatic heterocycles. The van der Waals surface area contributed by atoms with E-state index in [9.17, 15) is 9.59 Å². The summed E-state index contributed by atoms with van der Waals surface area (Å²) in [5.74, 6) is 0.624. The lowest BCUT2D eigenvalue weighted by molar-refractivity contribution is -0.129. The zero-order valence-corrected chi connectivity index (χ0v) is 17.8. The highest BCUT2D eigenvalue weighted by Crippen LogP contribution is 2.28. The number of thioether (sulfide) groups is 1. The molecule has 2 aromatic rings. The second-order valence-electron chi connectivity index (χ2n) is 7.29. The Labute approximate surface area is 178 Å². The summed E-state index contributed by atoms with van der Waals surface area (Å²) < 4.78 is 5.98. The zero-order valence-electron chi connectivity index (χ0n) is 16.2. The molecule has 0 radical (unpaired) electrons. The lowest BCUT2D eigenvalue weighted by atomic mass is 9.96. The number of furan rings is 1. The Balaban J connectivity index is 1.20. The first kappa shape index (κ1) is 20.2. The van der Waals surface area contributed by atoms with Gasteiger partial charge >= 0.3 is 0 Å². The third kappa shape index (κ3) is 5.30. The average molecular weight is 436 g/mol. The molecular weight excluding hydrogens is 410 g/mol. The number of hydrogen-bond acceptors (Lipinski definition) is 8. The molecule has 156 valence electrons. The van der Waals surface area contributed by atoms with Crippen LogP contribution in [0.15, 0.2) is 27.2 Å². The van der Waals surface area contributed by atoms with Gasteiger partial charge in [-0.25, -0.2) is 0 Å². The van der Waals surface area contributed by atoms with Crippen LogP contribution in [-0.4, -0.2) is 69.8 Å². The molecule has 1 saturated carbocycles. The molecular formula is C19H25N5O3S2. The van der Waals surface area contributed by atoms with Gasteiger partial charge in [0.1, 0.15) is 0 Å². The molecule has 10 heteroatoms. The van der Waals surface area contributed by atoms with Crippen molar-refractivity contribution in [3.05, 3.63) is 24.2 Å². The number of amides is 2. The van der Waals surface area contributed by atoms with E-state index in [0.717, 1.165) is 9.47 Å². The van der Waals surface area contributed by atoms with Crippen LogP contribution in [-0.2, 0) is 4.79 Å². The average Bonchev–Trinajstić information content (AvgIpc) is 3.45. The van der Waals surface area contributed by atoms with Crippen LogP contribution in [0.2, 0.25) is 0 Å². The molecule has 0 spiro atoms. The summed E-state index contributed by atoms with van der Waals surface area (Å²) >= 11 is 2.94. The van der Waals surface area contributed by atoms with E-state index in [1.807, 2.05) is 0 Å². The van der Waals surface area contributed by atoms with Crippen molar-refractivity contribution in [2.45, 2.75) is 42.5 Å². The molecule has 1 saturated heterocycles. The van der Waals surface area contributed by atoms with Gasteiger partial charge in [0.2, 0.25) is 11.0 Å². The SMILES string of the molecule is O=C(CSc1nnc(NC2CCCCC2)s1)N1CCN(C(=O)c2ccco2)CC1. The Bertz CT molecular complexity index is 812. The number of anilines is 1. The van der Waals surface area contributed by atoms with Crippen molar-refractivity contribution in [2.24, 2.45) is 0 Å². The van der Waals surface area contributed by atoms with Gasteiger partial charge < -0.3 is 19.5 Å². The van der Waals surface area contributed by atoms with E-state index < -0.39 is 0 Å². The Morgan fingerprint density at radius 3 is 2.62 bits per heavy atom. The lowest BCUT2D eigenvalue weighted by Crippen LogP contribution is -2.51. The molecule has 2 aliphatic rings. The van der Waals surface area contributed by atoms with E-state index >= 15 is 0 Å². The number of aromatic nitrogens is 2. The number of carbonyl (C=O) groups excluding carboxylic acids is 2. The molecule has 29 heavy (non-hydrogen) atoms. The number of nitrogens with one attached hydrogen (secondary N) is 1. The van der Waals surface area contributed by atoms with Gasteiger partial charge in [0.25, 0.3) is 5.91 Å². The van der Waals surface area contributed by atoms with Crippen LogP contribution in [0.4, 0.5) is 5.13 Å². The summed E-state index contributed by atoms with van der Waals surface area (Å²) in [6, 6.07) is 3.86. The first-order valence-electron chi connectivity index (χ1n) is 10.0. The van der Waals surface area contributed by atoms with Gasteiger partial charge in [-0.15, -0.1) is 10.2 Å². The highest BCUT2D eigenvalue weighted by atomic mass is 32.2. The van der Waals surface area contributed by atoms with Gasteiger partial charge in [-0.3, -0.25) is 9.59 Å². The second-order valence-corrected chi connectivity index (χ2v) is 9.49. The lowest BCUT2D eigenvalue weighted by Gasteiger charge is -2.34. The summed E-state index contributed by atoms with van der Waals surface area (Å²) in [4.78, 5) is 28.4. The van der Waals surface area contributed by atoms with Crippen LogP contribution in [0.3, 0.4) is 0 Å². The molecule has 0 atom stereocenters. The molecule has 0 unspecified atom stereocenters. The summed E-state index contributed by atoms with van der Waals surface area (Å²) in [6.07, 6.45) is 7.74. The van der Waals surface area contributed by atoms with E-state index in [4.69, 9.17) is 4.42 Å². The summed E-state index contributed by atoms with van der Waals surface area (Å²) in [6.45, 7) is 2.11. The molecule has 2 fully saturated rings. The van der Waals surface area contributed by atoms with Crippen molar-refractivity contribution in [2.75, 3.05) is 37.2 Å². The minimum atomic E-state index is -0.122. The highest BCUT2D eigenvalue weighted by molar-refractivity contribution is 8.01. The number of piperazine rings is 1. The van der Waals surface area contributed by atoms with Crippen molar-refractivity contribution >= 4 is 40.0 Å². The van der Waals surface area contributed by atoms with Gasteiger partial charge in [-0.2, -0.15) is 0 Å². The molecule has 4 rings (SSSR count). The molecule has 8 nitrogen and oxygen atoms in total. The third-order valence-corrected chi connectivity index (χ3v) is 7.28. The molecule has 0 bridgehead atoms. The van der Waals surface area contributed by atoms with Crippen LogP contribution in [0, 0.1) is 0 Å². The maximum Gasteiger partial charge on any atom is 0.289 e. The van der Waals surface area contributed by atoms with Crippen molar-refractivity contribution in [1.29, 1.82) is 0 Å². The van der Waals surface area contributed by atoms with Crippen LogP contribution in [0.1, 0.15) is 42.7 Å². The smallest absolute Gasteiger partial charge is 0.289 e. The fraction of sp³-hybridized carbons (Fsp3) is 0.579. The number of nitrogens with zero attached hydrogens (tertiary/aromatic N) is 4. The molecule has 2 aromatic heterocycles. The van der Waals surface area contributed by atoms with Gasteiger partial charge in [-0.05, 0) is 25.0 Å². The largest absolute Gasteiger partial charge is 0.459 e. The van der Waals surface area contributed by atoms with E-state index in [1.165, 1.54) is 61.5 Å².